The van der Waals surface area contributed by atoms with E-state index in [1.54, 1.807) is 21.5 Å². The van der Waals surface area contributed by atoms with E-state index in [0.29, 0.717) is 23.5 Å². The first-order valence-electron chi connectivity index (χ1n) is 8.45. The molecule has 4 rings (SSSR count). The average molecular weight is 353 g/mol. The molecule has 1 N–H and O–H groups in total. The molecule has 0 fully saturated rings. The summed E-state index contributed by atoms with van der Waals surface area (Å²) in [6.07, 6.45) is 3.33. The number of aliphatic hydroxyl groups excluding tert-OH is 1. The number of ether oxygens (including phenoxy) is 1. The Kier molecular flexibility index (Phi) is 4.27. The lowest BCUT2D eigenvalue weighted by atomic mass is 10.2. The highest BCUT2D eigenvalue weighted by Gasteiger charge is 2.18. The molecule has 3 aromatic heterocycles. The number of nitrogens with zero attached hydrogens (tertiary/aromatic N) is 5. The summed E-state index contributed by atoms with van der Waals surface area (Å²) in [5.74, 6) is 0.563. The summed E-state index contributed by atoms with van der Waals surface area (Å²) < 4.78 is 10.6. The largest absolute Gasteiger partial charge is 0.394 e. The molecule has 0 radical (unpaired) electrons. The summed E-state index contributed by atoms with van der Waals surface area (Å²) in [7, 11) is 0. The highest BCUT2D eigenvalue weighted by atomic mass is 16.5. The van der Waals surface area contributed by atoms with Gasteiger partial charge in [0.05, 0.1) is 25.2 Å². The lowest BCUT2D eigenvalue weighted by Gasteiger charge is -2.11. The van der Waals surface area contributed by atoms with Gasteiger partial charge in [-0.15, -0.1) is 0 Å². The molecule has 0 aliphatic rings. The van der Waals surface area contributed by atoms with E-state index in [0.717, 1.165) is 11.3 Å². The fourth-order valence-electron chi connectivity index (χ4n) is 3.09. The molecule has 0 spiro atoms. The molecule has 0 unspecified atom stereocenters. The quantitative estimate of drug-likeness (QED) is 0.531. The first-order chi connectivity index (χ1) is 12.7. The van der Waals surface area contributed by atoms with Crippen molar-refractivity contribution >= 4 is 16.9 Å². The van der Waals surface area contributed by atoms with Gasteiger partial charge in [-0.2, -0.15) is 0 Å². The molecule has 0 bridgehead atoms. The van der Waals surface area contributed by atoms with Crippen molar-refractivity contribution in [2.45, 2.75) is 20.2 Å². The van der Waals surface area contributed by atoms with E-state index in [1.807, 2.05) is 41.8 Å². The Morgan fingerprint density at radius 3 is 2.77 bits per heavy atom. The van der Waals surface area contributed by atoms with Crippen LogP contribution < -0.4 is 5.56 Å². The summed E-state index contributed by atoms with van der Waals surface area (Å²) in [4.78, 5) is 21.9. The summed E-state index contributed by atoms with van der Waals surface area (Å²) in [5, 5.41) is 8.89. The Labute approximate surface area is 148 Å². The summed E-state index contributed by atoms with van der Waals surface area (Å²) in [5.41, 5.74) is 2.50. The molecule has 8 heteroatoms. The van der Waals surface area contributed by atoms with Crippen molar-refractivity contribution in [2.24, 2.45) is 0 Å². The van der Waals surface area contributed by atoms with Gasteiger partial charge >= 0.3 is 0 Å². The van der Waals surface area contributed by atoms with Gasteiger partial charge in [0.25, 0.3) is 5.56 Å². The molecule has 8 nitrogen and oxygen atoms in total. The van der Waals surface area contributed by atoms with Crippen LogP contribution in [0.3, 0.4) is 0 Å². The van der Waals surface area contributed by atoms with Crippen molar-refractivity contribution in [3.05, 3.63) is 53.2 Å². The van der Waals surface area contributed by atoms with E-state index in [1.165, 1.54) is 0 Å². The van der Waals surface area contributed by atoms with Crippen LogP contribution in [-0.2, 0) is 18.0 Å². The molecule has 26 heavy (non-hydrogen) atoms. The van der Waals surface area contributed by atoms with Crippen LogP contribution in [-0.4, -0.2) is 41.8 Å². The van der Waals surface area contributed by atoms with Crippen LogP contribution in [0, 0.1) is 0 Å². The van der Waals surface area contributed by atoms with Crippen LogP contribution in [0.1, 0.15) is 6.92 Å². The third kappa shape index (κ3) is 2.59. The molecule has 0 saturated carbocycles. The van der Waals surface area contributed by atoms with E-state index in [2.05, 4.69) is 9.97 Å². The molecule has 0 saturated heterocycles. The van der Waals surface area contributed by atoms with Crippen molar-refractivity contribution in [2.75, 3.05) is 13.2 Å². The Morgan fingerprint density at radius 1 is 1.23 bits per heavy atom. The van der Waals surface area contributed by atoms with Gasteiger partial charge in [0.15, 0.2) is 11.2 Å². The number of hydrogen-bond donors (Lipinski definition) is 1. The molecule has 3 heterocycles. The first kappa shape index (κ1) is 16.5. The SMILES string of the molecule is CCn1c2c(ncn2COCCO)c(=O)n2cc(-c3ccccc3)nc12. The van der Waals surface area contributed by atoms with Gasteiger partial charge in [-0.1, -0.05) is 30.3 Å². The van der Waals surface area contributed by atoms with Crippen LogP contribution in [0.2, 0.25) is 0 Å². The maximum absolute atomic E-state index is 12.9. The summed E-state index contributed by atoms with van der Waals surface area (Å²) in [6.45, 7) is 2.99. The van der Waals surface area contributed by atoms with Gasteiger partial charge in [-0.3, -0.25) is 13.9 Å². The van der Waals surface area contributed by atoms with Crippen LogP contribution in [0.4, 0.5) is 0 Å². The number of fused-ring (bicyclic) bond motifs is 2. The molecule has 1 aromatic carbocycles. The lowest BCUT2D eigenvalue weighted by Crippen LogP contribution is -2.20. The minimum Gasteiger partial charge on any atom is -0.394 e. The van der Waals surface area contributed by atoms with Crippen molar-refractivity contribution in [1.29, 1.82) is 0 Å². The van der Waals surface area contributed by atoms with Gasteiger partial charge in [-0.05, 0) is 6.92 Å². The Balaban J connectivity index is 1.94. The summed E-state index contributed by atoms with van der Waals surface area (Å²) >= 11 is 0. The maximum Gasteiger partial charge on any atom is 0.287 e. The Morgan fingerprint density at radius 2 is 2.04 bits per heavy atom. The number of rotatable bonds is 6. The van der Waals surface area contributed by atoms with Gasteiger partial charge in [0.2, 0.25) is 5.78 Å². The third-order valence-electron chi connectivity index (χ3n) is 4.27. The second-order valence-electron chi connectivity index (χ2n) is 5.86. The van der Waals surface area contributed by atoms with Crippen LogP contribution in [0.5, 0.6) is 0 Å². The van der Waals surface area contributed by atoms with Crippen LogP contribution in [0.25, 0.3) is 28.2 Å². The third-order valence-corrected chi connectivity index (χ3v) is 4.27. The van der Waals surface area contributed by atoms with Gasteiger partial charge in [-0.25, -0.2) is 14.4 Å². The van der Waals surface area contributed by atoms with Gasteiger partial charge in [0.1, 0.15) is 6.73 Å². The standard InChI is InChI=1S/C18H19N5O3/c1-2-22-16-15(19-11-21(16)12-26-9-8-24)17(25)23-10-14(20-18(22)23)13-6-4-3-5-7-13/h3-7,10-11,24H,2,8-9,12H2,1H3. The van der Waals surface area contributed by atoms with Gasteiger partial charge < -0.3 is 9.84 Å². The van der Waals surface area contributed by atoms with E-state index >= 15 is 0 Å². The summed E-state index contributed by atoms with van der Waals surface area (Å²) in [6, 6.07) is 9.75. The number of aryl methyl sites for hydroxylation is 1. The molecule has 4 aromatic rings. The van der Waals surface area contributed by atoms with E-state index in [-0.39, 0.29) is 25.5 Å². The molecule has 0 aliphatic carbocycles. The highest BCUT2D eigenvalue weighted by molar-refractivity contribution is 5.74. The highest BCUT2D eigenvalue weighted by Crippen LogP contribution is 2.20. The monoisotopic (exact) mass is 353 g/mol. The zero-order valence-electron chi connectivity index (χ0n) is 14.4. The minimum absolute atomic E-state index is 0.0574. The zero-order valence-corrected chi connectivity index (χ0v) is 14.4. The number of hydrogen-bond acceptors (Lipinski definition) is 5. The van der Waals surface area contributed by atoms with E-state index in [4.69, 9.17) is 9.84 Å². The van der Waals surface area contributed by atoms with E-state index < -0.39 is 0 Å². The van der Waals surface area contributed by atoms with Crippen LogP contribution >= 0.6 is 0 Å². The van der Waals surface area contributed by atoms with Crippen molar-refractivity contribution in [1.82, 2.24) is 23.5 Å². The number of imidazole rings is 2. The molecule has 0 aliphatic heterocycles. The van der Waals surface area contributed by atoms with Gasteiger partial charge in [0, 0.05) is 18.3 Å². The number of benzene rings is 1. The van der Waals surface area contributed by atoms with Crippen molar-refractivity contribution in [3.63, 3.8) is 0 Å². The Bertz CT molecular complexity index is 1110. The number of aliphatic hydroxyl groups is 1. The molecule has 134 valence electrons. The predicted octanol–water partition coefficient (Wildman–Crippen LogP) is 1.50. The maximum atomic E-state index is 12.9. The van der Waals surface area contributed by atoms with Crippen LogP contribution in [0.15, 0.2) is 47.7 Å². The minimum atomic E-state index is -0.213. The number of aromatic nitrogens is 5. The smallest absolute Gasteiger partial charge is 0.287 e. The Hall–Kier alpha value is -2.97. The first-order valence-corrected chi connectivity index (χ1v) is 8.45. The normalized spacial score (nSPS) is 11.6. The topological polar surface area (TPSA) is 86.6 Å². The molecular formula is C18H19N5O3. The average Bonchev–Trinajstić information content (AvgIpc) is 3.29. The zero-order chi connectivity index (χ0) is 18.1. The molecule has 0 amide bonds. The van der Waals surface area contributed by atoms with E-state index in [9.17, 15) is 4.79 Å². The predicted molar refractivity (Wildman–Crippen MR) is 96.9 cm³/mol. The fraction of sp³-hybridized carbons (Fsp3) is 0.278. The van der Waals surface area contributed by atoms with Crippen molar-refractivity contribution < 1.29 is 9.84 Å². The van der Waals surface area contributed by atoms with Crippen molar-refractivity contribution in [3.8, 4) is 11.3 Å². The second kappa shape index (κ2) is 6.74. The molecule has 0 atom stereocenters. The fourth-order valence-corrected chi connectivity index (χ4v) is 3.09. The molecular weight excluding hydrogens is 334 g/mol. The lowest BCUT2D eigenvalue weighted by molar-refractivity contribution is 0.0496. The second-order valence-corrected chi connectivity index (χ2v) is 5.86.